The van der Waals surface area contributed by atoms with Gasteiger partial charge in [0.1, 0.15) is 0 Å². The summed E-state index contributed by atoms with van der Waals surface area (Å²) < 4.78 is 11.1. The number of piperazine rings is 1. The van der Waals surface area contributed by atoms with Gasteiger partial charge in [-0.3, -0.25) is 19.4 Å². The van der Waals surface area contributed by atoms with E-state index in [0.29, 0.717) is 23.0 Å². The number of amides is 2. The zero-order chi connectivity index (χ0) is 24.9. The van der Waals surface area contributed by atoms with E-state index in [1.807, 2.05) is 44.2 Å². The minimum Gasteiger partial charge on any atom is -0.493 e. The number of carbonyl (C=O) groups excluding carboxylic acids is 2. The smallest absolute Gasteiger partial charge is 0.294 e. The average Bonchev–Trinajstić information content (AvgIpc) is 3.12. The molecule has 0 saturated carbocycles. The van der Waals surface area contributed by atoms with Gasteiger partial charge in [-0.2, -0.15) is 0 Å². The molecule has 0 bridgehead atoms. The van der Waals surface area contributed by atoms with Gasteiger partial charge < -0.3 is 14.4 Å². The van der Waals surface area contributed by atoms with Crippen molar-refractivity contribution in [1.82, 2.24) is 9.80 Å². The minimum atomic E-state index is -0.266. The van der Waals surface area contributed by atoms with E-state index in [-0.39, 0.29) is 17.8 Å². The number of carbonyl (C=O) groups is 2. The first kappa shape index (κ1) is 25.4. The predicted molar refractivity (Wildman–Crippen MR) is 141 cm³/mol. The lowest BCUT2D eigenvalue weighted by Gasteiger charge is -2.37. The van der Waals surface area contributed by atoms with Crippen LogP contribution in [0.4, 0.5) is 10.5 Å². The van der Waals surface area contributed by atoms with Crippen LogP contribution < -0.4 is 14.4 Å². The number of halogens is 1. The third-order valence-electron chi connectivity index (χ3n) is 6.06. The topological polar surface area (TPSA) is 62.3 Å². The Balaban J connectivity index is 1.38. The van der Waals surface area contributed by atoms with Crippen LogP contribution >= 0.6 is 23.4 Å². The van der Waals surface area contributed by atoms with Crippen molar-refractivity contribution in [2.24, 2.45) is 0 Å². The summed E-state index contributed by atoms with van der Waals surface area (Å²) in [6.45, 7) is 8.03. The molecule has 2 fully saturated rings. The van der Waals surface area contributed by atoms with Crippen LogP contribution in [0.1, 0.15) is 24.5 Å². The second kappa shape index (κ2) is 11.4. The summed E-state index contributed by atoms with van der Waals surface area (Å²) in [6, 6.07) is 11.6. The molecule has 35 heavy (non-hydrogen) atoms. The Morgan fingerprint density at radius 1 is 1.06 bits per heavy atom. The van der Waals surface area contributed by atoms with Crippen molar-refractivity contribution in [1.29, 1.82) is 0 Å². The van der Waals surface area contributed by atoms with Crippen LogP contribution in [0.2, 0.25) is 5.02 Å². The highest BCUT2D eigenvalue weighted by molar-refractivity contribution is 8.18. The fourth-order valence-corrected chi connectivity index (χ4v) is 5.01. The summed E-state index contributed by atoms with van der Waals surface area (Å²) in [5.41, 5.74) is 2.93. The third-order valence-corrected chi connectivity index (χ3v) is 7.37. The highest BCUT2D eigenvalue weighted by Crippen LogP contribution is 2.35. The van der Waals surface area contributed by atoms with Gasteiger partial charge in [-0.1, -0.05) is 30.7 Å². The molecule has 2 aromatic carbocycles. The quantitative estimate of drug-likeness (QED) is 0.444. The molecular weight excluding hydrogens is 486 g/mol. The molecule has 2 aliphatic heterocycles. The summed E-state index contributed by atoms with van der Waals surface area (Å²) in [4.78, 5) is 31.8. The normalized spacial score (nSPS) is 18.0. The molecule has 9 heteroatoms. The van der Waals surface area contributed by atoms with Crippen LogP contribution in [0.5, 0.6) is 11.5 Å². The fraction of sp³-hybridized carbons (Fsp3) is 0.385. The lowest BCUT2D eigenvalue weighted by atomic mass is 10.2. The van der Waals surface area contributed by atoms with Crippen LogP contribution in [0.3, 0.4) is 0 Å². The van der Waals surface area contributed by atoms with Gasteiger partial charge in [0.15, 0.2) is 11.5 Å². The molecule has 2 aliphatic rings. The first-order valence-electron chi connectivity index (χ1n) is 11.7. The van der Waals surface area contributed by atoms with Gasteiger partial charge in [0, 0.05) is 36.9 Å². The summed E-state index contributed by atoms with van der Waals surface area (Å²) in [5, 5.41) is 0.513. The molecule has 0 aromatic heterocycles. The van der Waals surface area contributed by atoms with E-state index in [2.05, 4.69) is 15.9 Å². The van der Waals surface area contributed by atoms with Crippen LogP contribution in [0, 0.1) is 6.92 Å². The molecule has 0 unspecified atom stereocenters. The van der Waals surface area contributed by atoms with E-state index in [0.717, 1.165) is 66.2 Å². The Kier molecular flexibility index (Phi) is 8.26. The van der Waals surface area contributed by atoms with Crippen molar-refractivity contribution in [2.45, 2.75) is 20.3 Å². The molecule has 2 heterocycles. The van der Waals surface area contributed by atoms with Gasteiger partial charge in [-0.15, -0.1) is 0 Å². The number of methoxy groups -OCH3 is 1. The molecule has 0 spiro atoms. The Hall–Kier alpha value is -2.68. The molecule has 186 valence electrons. The Morgan fingerprint density at radius 3 is 2.51 bits per heavy atom. The largest absolute Gasteiger partial charge is 0.493 e. The molecule has 0 aliphatic carbocycles. The van der Waals surface area contributed by atoms with E-state index >= 15 is 0 Å². The SMILES string of the molecule is CCCOc1ccc(/C=C2/SC(=O)N(CN3CCN(c4ccc(C)c(Cl)c4)CC3)C2=O)cc1OC. The predicted octanol–water partition coefficient (Wildman–Crippen LogP) is 5.26. The Bertz CT molecular complexity index is 1130. The summed E-state index contributed by atoms with van der Waals surface area (Å²) in [7, 11) is 1.58. The van der Waals surface area contributed by atoms with E-state index in [4.69, 9.17) is 21.1 Å². The number of hydrogen-bond acceptors (Lipinski definition) is 7. The van der Waals surface area contributed by atoms with Crippen molar-refractivity contribution in [2.75, 3.05) is 51.5 Å². The first-order chi connectivity index (χ1) is 16.9. The summed E-state index contributed by atoms with van der Waals surface area (Å²) in [6.07, 6.45) is 2.63. The van der Waals surface area contributed by atoms with Crippen molar-refractivity contribution in [3.8, 4) is 11.5 Å². The van der Waals surface area contributed by atoms with Crippen molar-refractivity contribution in [3.63, 3.8) is 0 Å². The van der Waals surface area contributed by atoms with Gasteiger partial charge in [-0.25, -0.2) is 0 Å². The number of thioether (sulfide) groups is 1. The number of hydrogen-bond donors (Lipinski definition) is 0. The maximum atomic E-state index is 13.0. The minimum absolute atomic E-state index is 0.246. The third kappa shape index (κ3) is 5.94. The maximum absolute atomic E-state index is 13.0. The molecule has 0 atom stereocenters. The Morgan fingerprint density at radius 2 is 1.83 bits per heavy atom. The molecule has 7 nitrogen and oxygen atoms in total. The zero-order valence-electron chi connectivity index (χ0n) is 20.3. The van der Waals surface area contributed by atoms with Crippen LogP contribution in [-0.4, -0.2) is 67.5 Å². The van der Waals surface area contributed by atoms with Crippen LogP contribution in [0.15, 0.2) is 41.3 Å². The van der Waals surface area contributed by atoms with Crippen LogP contribution in [0.25, 0.3) is 6.08 Å². The number of nitrogens with zero attached hydrogens (tertiary/aromatic N) is 3. The lowest BCUT2D eigenvalue weighted by molar-refractivity contribution is -0.124. The monoisotopic (exact) mass is 515 g/mol. The van der Waals surface area contributed by atoms with Gasteiger partial charge in [-0.05, 0) is 66.6 Å². The van der Waals surface area contributed by atoms with Crippen molar-refractivity contribution in [3.05, 3.63) is 57.5 Å². The molecule has 0 N–H and O–H groups in total. The number of benzene rings is 2. The number of aryl methyl sites for hydroxylation is 1. The van der Waals surface area contributed by atoms with E-state index in [1.54, 1.807) is 13.2 Å². The average molecular weight is 516 g/mol. The van der Waals surface area contributed by atoms with E-state index in [1.165, 1.54) is 4.90 Å². The number of ether oxygens (including phenoxy) is 2. The number of rotatable bonds is 8. The molecular formula is C26H30ClN3O4S. The van der Waals surface area contributed by atoms with Gasteiger partial charge in [0.2, 0.25) is 0 Å². The maximum Gasteiger partial charge on any atom is 0.294 e. The molecule has 0 radical (unpaired) electrons. The number of anilines is 1. The van der Waals surface area contributed by atoms with E-state index in [9.17, 15) is 9.59 Å². The number of imide groups is 1. The summed E-state index contributed by atoms with van der Waals surface area (Å²) >= 11 is 7.26. The molecule has 2 amide bonds. The van der Waals surface area contributed by atoms with Crippen molar-refractivity contribution >= 4 is 46.3 Å². The standard InChI is InChI=1S/C26H30ClN3O4S/c1-4-13-34-22-8-6-19(14-23(22)33-3)15-24-25(31)30(26(32)35-24)17-28-9-11-29(12-10-28)20-7-5-18(2)21(27)16-20/h5-8,14-16H,4,9-13,17H2,1-3H3/b24-15+. The second-order valence-corrected chi connectivity index (χ2v) is 9.95. The molecule has 2 saturated heterocycles. The first-order valence-corrected chi connectivity index (χ1v) is 12.9. The highest BCUT2D eigenvalue weighted by atomic mass is 35.5. The lowest BCUT2D eigenvalue weighted by Crippen LogP contribution is -2.50. The Labute approximate surface area is 215 Å². The van der Waals surface area contributed by atoms with Crippen molar-refractivity contribution < 1.29 is 19.1 Å². The van der Waals surface area contributed by atoms with Gasteiger partial charge >= 0.3 is 0 Å². The highest BCUT2D eigenvalue weighted by Gasteiger charge is 2.36. The van der Waals surface area contributed by atoms with Gasteiger partial charge in [0.05, 0.1) is 25.3 Å². The molecule has 2 aromatic rings. The second-order valence-electron chi connectivity index (χ2n) is 8.55. The zero-order valence-corrected chi connectivity index (χ0v) is 21.8. The fourth-order valence-electron chi connectivity index (χ4n) is 4.00. The van der Waals surface area contributed by atoms with E-state index < -0.39 is 0 Å². The molecule has 4 rings (SSSR count). The van der Waals surface area contributed by atoms with Gasteiger partial charge in [0.25, 0.3) is 11.1 Å². The summed E-state index contributed by atoms with van der Waals surface area (Å²) in [5.74, 6) is 0.990. The van der Waals surface area contributed by atoms with Crippen LogP contribution in [-0.2, 0) is 4.79 Å².